The van der Waals surface area contributed by atoms with E-state index in [1.165, 1.54) is 0 Å². The van der Waals surface area contributed by atoms with Gasteiger partial charge in [0.25, 0.3) is 0 Å². The first-order valence-electron chi connectivity index (χ1n) is 11.1. The van der Waals surface area contributed by atoms with Crippen molar-refractivity contribution >= 4 is 12.2 Å². The fourth-order valence-corrected chi connectivity index (χ4v) is 4.13. The number of piperidine rings is 1. The summed E-state index contributed by atoms with van der Waals surface area (Å²) in [5.74, 6) is 0.448. The zero-order valence-electron chi connectivity index (χ0n) is 19.4. The molecule has 2 saturated heterocycles. The van der Waals surface area contributed by atoms with Gasteiger partial charge in [-0.05, 0) is 93.2 Å². The minimum Gasteiger partial charge on any atom is -0.444 e. The number of carbonyl (C=O) groups excluding carboxylic acids is 2. The van der Waals surface area contributed by atoms with E-state index in [4.69, 9.17) is 9.47 Å². The Kier molecular flexibility index (Phi) is 7.82. The Hall–Kier alpha value is -1.50. The van der Waals surface area contributed by atoms with Gasteiger partial charge in [-0.1, -0.05) is 0 Å². The number of amides is 2. The number of ether oxygens (including phenoxy) is 2. The van der Waals surface area contributed by atoms with Crippen LogP contribution in [0.5, 0.6) is 0 Å². The lowest BCUT2D eigenvalue weighted by Crippen LogP contribution is -2.49. The van der Waals surface area contributed by atoms with E-state index in [-0.39, 0.29) is 24.3 Å². The summed E-state index contributed by atoms with van der Waals surface area (Å²) < 4.78 is 10.9. The Morgan fingerprint density at radius 1 is 0.966 bits per heavy atom. The van der Waals surface area contributed by atoms with Crippen LogP contribution in [-0.4, -0.2) is 71.5 Å². The molecule has 2 amide bonds. The van der Waals surface area contributed by atoms with E-state index in [9.17, 15) is 9.59 Å². The van der Waals surface area contributed by atoms with Gasteiger partial charge in [0, 0.05) is 25.2 Å². The Balaban J connectivity index is 1.77. The largest absolute Gasteiger partial charge is 0.444 e. The third-order valence-electron chi connectivity index (χ3n) is 5.56. The zero-order valence-corrected chi connectivity index (χ0v) is 19.4. The highest BCUT2D eigenvalue weighted by Crippen LogP contribution is 2.25. The molecule has 0 spiro atoms. The van der Waals surface area contributed by atoms with Crippen molar-refractivity contribution in [3.8, 4) is 0 Å². The third kappa shape index (κ3) is 8.03. The molecule has 0 unspecified atom stereocenters. The van der Waals surface area contributed by atoms with Gasteiger partial charge in [-0.2, -0.15) is 0 Å². The molecule has 0 aromatic heterocycles. The highest BCUT2D eigenvalue weighted by molar-refractivity contribution is 5.69. The smallest absolute Gasteiger partial charge is 0.410 e. The van der Waals surface area contributed by atoms with Crippen LogP contribution in [0.15, 0.2) is 0 Å². The fraction of sp³-hybridized carbons (Fsp3) is 0.909. The fourth-order valence-electron chi connectivity index (χ4n) is 4.13. The van der Waals surface area contributed by atoms with Crippen LogP contribution in [0.3, 0.4) is 0 Å². The van der Waals surface area contributed by atoms with Gasteiger partial charge >= 0.3 is 12.2 Å². The van der Waals surface area contributed by atoms with Crippen molar-refractivity contribution in [2.75, 3.05) is 26.2 Å². The molecular weight excluding hydrogens is 370 g/mol. The van der Waals surface area contributed by atoms with Crippen LogP contribution in [0.1, 0.15) is 74.1 Å². The molecule has 0 aromatic carbocycles. The Morgan fingerprint density at radius 2 is 1.55 bits per heavy atom. The molecule has 7 nitrogen and oxygen atoms in total. The summed E-state index contributed by atoms with van der Waals surface area (Å²) in [5, 5.41) is 2.99. The van der Waals surface area contributed by atoms with Crippen LogP contribution in [0.4, 0.5) is 9.59 Å². The van der Waals surface area contributed by atoms with Crippen molar-refractivity contribution in [1.29, 1.82) is 0 Å². The van der Waals surface area contributed by atoms with Crippen LogP contribution in [0, 0.1) is 5.92 Å². The summed E-state index contributed by atoms with van der Waals surface area (Å²) in [4.78, 5) is 28.9. The van der Waals surface area contributed by atoms with Crippen molar-refractivity contribution in [3.05, 3.63) is 0 Å². The summed E-state index contributed by atoms with van der Waals surface area (Å²) >= 11 is 0. The van der Waals surface area contributed by atoms with Crippen molar-refractivity contribution in [1.82, 2.24) is 15.1 Å². The molecule has 2 heterocycles. The second-order valence-electron chi connectivity index (χ2n) is 10.5. The van der Waals surface area contributed by atoms with E-state index in [0.717, 1.165) is 51.9 Å². The molecule has 2 atom stereocenters. The monoisotopic (exact) mass is 411 g/mol. The SMILES string of the molecule is C[C@@H](NC(=O)OC(C)(C)C)C1CCN(C[C@@H]2CCCN2C(=O)OC(C)(C)C)CC1. The van der Waals surface area contributed by atoms with E-state index in [1.807, 2.05) is 46.4 Å². The Bertz CT molecular complexity index is 559. The number of rotatable bonds is 4. The van der Waals surface area contributed by atoms with Crippen LogP contribution in [0.25, 0.3) is 0 Å². The maximum Gasteiger partial charge on any atom is 0.410 e. The standard InChI is InChI=1S/C22H41N3O4/c1-16(23-19(26)28-21(2,3)4)17-10-13-24(14-11-17)15-18-9-8-12-25(18)20(27)29-22(5,6)7/h16-18H,8-15H2,1-7H3,(H,23,26)/t16-,18+/m1/s1. The molecule has 0 radical (unpaired) electrons. The highest BCUT2D eigenvalue weighted by Gasteiger charge is 2.34. The summed E-state index contributed by atoms with van der Waals surface area (Å²) in [7, 11) is 0. The molecule has 168 valence electrons. The molecule has 1 N–H and O–H groups in total. The normalized spacial score (nSPS) is 23.0. The number of hydrogen-bond acceptors (Lipinski definition) is 5. The first-order chi connectivity index (χ1) is 13.3. The van der Waals surface area contributed by atoms with Gasteiger partial charge in [-0.25, -0.2) is 9.59 Å². The Morgan fingerprint density at radius 3 is 2.10 bits per heavy atom. The summed E-state index contributed by atoms with van der Waals surface area (Å²) in [6.45, 7) is 17.1. The maximum atomic E-state index is 12.5. The molecule has 2 aliphatic heterocycles. The second kappa shape index (κ2) is 9.54. The number of alkyl carbamates (subject to hydrolysis) is 1. The maximum absolute atomic E-state index is 12.5. The van der Waals surface area contributed by atoms with Gasteiger partial charge in [-0.3, -0.25) is 0 Å². The summed E-state index contributed by atoms with van der Waals surface area (Å²) in [5.41, 5.74) is -0.936. The van der Waals surface area contributed by atoms with Crippen molar-refractivity contribution < 1.29 is 19.1 Å². The van der Waals surface area contributed by atoms with Gasteiger partial charge in [0.15, 0.2) is 0 Å². The lowest BCUT2D eigenvalue weighted by molar-refractivity contribution is 0.0182. The average Bonchev–Trinajstić information content (AvgIpc) is 3.00. The number of hydrogen-bond donors (Lipinski definition) is 1. The molecule has 2 aliphatic rings. The van der Waals surface area contributed by atoms with Gasteiger partial charge in [0.2, 0.25) is 0 Å². The van der Waals surface area contributed by atoms with E-state index < -0.39 is 11.2 Å². The van der Waals surface area contributed by atoms with Crippen molar-refractivity contribution in [2.45, 2.75) is 97.4 Å². The number of nitrogens with one attached hydrogen (secondary N) is 1. The molecule has 2 fully saturated rings. The van der Waals surface area contributed by atoms with Crippen LogP contribution >= 0.6 is 0 Å². The quantitative estimate of drug-likeness (QED) is 0.757. The van der Waals surface area contributed by atoms with Crippen LogP contribution in [0.2, 0.25) is 0 Å². The minimum atomic E-state index is -0.478. The molecule has 2 rings (SSSR count). The van der Waals surface area contributed by atoms with Gasteiger partial charge in [0.05, 0.1) is 0 Å². The number of nitrogens with zero attached hydrogens (tertiary/aromatic N) is 2. The van der Waals surface area contributed by atoms with Gasteiger partial charge < -0.3 is 24.6 Å². The second-order valence-corrected chi connectivity index (χ2v) is 10.5. The van der Waals surface area contributed by atoms with E-state index in [1.54, 1.807) is 0 Å². The predicted octanol–water partition coefficient (Wildman–Crippen LogP) is 4.01. The predicted molar refractivity (Wildman–Crippen MR) is 114 cm³/mol. The van der Waals surface area contributed by atoms with E-state index in [2.05, 4.69) is 17.1 Å². The molecule has 7 heteroatoms. The van der Waals surface area contributed by atoms with Gasteiger partial charge in [-0.15, -0.1) is 0 Å². The van der Waals surface area contributed by atoms with Crippen LogP contribution < -0.4 is 5.32 Å². The summed E-state index contributed by atoms with van der Waals surface area (Å²) in [6, 6.07) is 0.329. The molecule has 29 heavy (non-hydrogen) atoms. The lowest BCUT2D eigenvalue weighted by Gasteiger charge is -2.38. The topological polar surface area (TPSA) is 71.1 Å². The average molecular weight is 412 g/mol. The molecule has 0 aromatic rings. The molecule has 0 bridgehead atoms. The minimum absolute atomic E-state index is 0.0942. The van der Waals surface area contributed by atoms with Crippen molar-refractivity contribution in [3.63, 3.8) is 0 Å². The first-order valence-corrected chi connectivity index (χ1v) is 11.1. The number of carbonyl (C=O) groups is 2. The van der Waals surface area contributed by atoms with E-state index in [0.29, 0.717) is 5.92 Å². The lowest BCUT2D eigenvalue weighted by atomic mass is 9.90. The number of likely N-dealkylation sites (tertiary alicyclic amines) is 2. The molecular formula is C22H41N3O4. The third-order valence-corrected chi connectivity index (χ3v) is 5.56. The molecule has 0 saturated carbocycles. The first kappa shape index (κ1) is 23.8. The zero-order chi connectivity index (χ0) is 21.8. The van der Waals surface area contributed by atoms with E-state index >= 15 is 0 Å². The van der Waals surface area contributed by atoms with Crippen LogP contribution in [-0.2, 0) is 9.47 Å². The van der Waals surface area contributed by atoms with Gasteiger partial charge in [0.1, 0.15) is 11.2 Å². The molecule has 0 aliphatic carbocycles. The highest BCUT2D eigenvalue weighted by atomic mass is 16.6. The Labute approximate surface area is 176 Å². The summed E-state index contributed by atoms with van der Waals surface area (Å²) in [6.07, 6.45) is 3.62. The van der Waals surface area contributed by atoms with Crippen molar-refractivity contribution in [2.24, 2.45) is 5.92 Å².